The van der Waals surface area contributed by atoms with Crippen molar-refractivity contribution in [2.45, 2.75) is 23.0 Å². The Labute approximate surface area is 207 Å². The lowest BCUT2D eigenvalue weighted by Gasteiger charge is -2.33. The van der Waals surface area contributed by atoms with Gasteiger partial charge >= 0.3 is 0 Å². The predicted molar refractivity (Wildman–Crippen MR) is 135 cm³/mol. The van der Waals surface area contributed by atoms with Gasteiger partial charge in [0.2, 0.25) is 11.1 Å². The quantitative estimate of drug-likeness (QED) is 0.407. The van der Waals surface area contributed by atoms with E-state index in [9.17, 15) is 4.79 Å². The summed E-state index contributed by atoms with van der Waals surface area (Å²) in [5.41, 5.74) is 6.38. The SMILES string of the molecule is COc1ccc(CNC(=O)[C@H]2Sc3nnc(-c4ccccc4)n3N[C@@H]2c2ccc(OC)cc2)cc1. The number of carbonyl (C=O) groups excluding carboxylic acids is 1. The molecule has 2 heterocycles. The van der Waals surface area contributed by atoms with Crippen LogP contribution in [-0.2, 0) is 11.3 Å². The van der Waals surface area contributed by atoms with E-state index >= 15 is 0 Å². The van der Waals surface area contributed by atoms with Crippen molar-refractivity contribution in [3.63, 3.8) is 0 Å². The molecule has 0 saturated heterocycles. The van der Waals surface area contributed by atoms with E-state index in [-0.39, 0.29) is 11.9 Å². The summed E-state index contributed by atoms with van der Waals surface area (Å²) in [7, 11) is 3.26. The lowest BCUT2D eigenvalue weighted by atomic mass is 10.0. The van der Waals surface area contributed by atoms with Gasteiger partial charge in [0.15, 0.2) is 5.82 Å². The van der Waals surface area contributed by atoms with Crippen LogP contribution in [0.25, 0.3) is 11.4 Å². The largest absolute Gasteiger partial charge is 0.497 e. The molecule has 1 amide bonds. The molecule has 0 bridgehead atoms. The molecule has 2 atom stereocenters. The number of nitrogens with zero attached hydrogens (tertiary/aromatic N) is 3. The van der Waals surface area contributed by atoms with Gasteiger partial charge in [-0.2, -0.15) is 0 Å². The highest BCUT2D eigenvalue weighted by Crippen LogP contribution is 2.39. The second kappa shape index (κ2) is 10.1. The number of nitrogens with one attached hydrogen (secondary N) is 2. The van der Waals surface area contributed by atoms with Crippen molar-refractivity contribution >= 4 is 17.7 Å². The summed E-state index contributed by atoms with van der Waals surface area (Å²) in [6.45, 7) is 0.414. The second-order valence-electron chi connectivity index (χ2n) is 7.99. The molecular weight excluding hydrogens is 462 g/mol. The van der Waals surface area contributed by atoms with Gasteiger partial charge in [-0.15, -0.1) is 10.2 Å². The molecule has 0 fully saturated rings. The van der Waals surface area contributed by atoms with Gasteiger partial charge in [0.1, 0.15) is 16.7 Å². The zero-order valence-electron chi connectivity index (χ0n) is 19.3. The van der Waals surface area contributed by atoms with Crippen LogP contribution in [-0.4, -0.2) is 40.3 Å². The van der Waals surface area contributed by atoms with Gasteiger partial charge in [0, 0.05) is 12.1 Å². The standard InChI is InChI=1S/C26H25N5O3S/c1-33-20-12-8-17(9-13-20)16-27-25(32)23-22(18-10-14-21(34-2)15-11-18)30-31-24(28-29-26(31)35-23)19-6-4-3-5-7-19/h3-15,22-23,30H,16H2,1-2H3,(H,27,32)/t22-,23+/m1/s1. The normalized spacial score (nSPS) is 16.6. The van der Waals surface area contributed by atoms with Crippen LogP contribution >= 0.6 is 11.8 Å². The Morgan fingerprint density at radius 2 is 1.60 bits per heavy atom. The van der Waals surface area contributed by atoms with Crippen molar-refractivity contribution in [1.82, 2.24) is 20.2 Å². The van der Waals surface area contributed by atoms with E-state index in [1.807, 2.05) is 83.5 Å². The Morgan fingerprint density at radius 3 is 2.26 bits per heavy atom. The summed E-state index contributed by atoms with van der Waals surface area (Å²) >= 11 is 1.40. The number of amides is 1. The van der Waals surface area contributed by atoms with E-state index in [4.69, 9.17) is 9.47 Å². The van der Waals surface area contributed by atoms with Gasteiger partial charge in [0.25, 0.3) is 0 Å². The molecule has 3 aromatic carbocycles. The fourth-order valence-corrected chi connectivity index (χ4v) is 5.03. The maximum Gasteiger partial charge on any atom is 0.236 e. The summed E-state index contributed by atoms with van der Waals surface area (Å²) < 4.78 is 12.4. The molecular formula is C26H25N5O3S. The fraction of sp³-hybridized carbons (Fsp3) is 0.192. The Kier molecular flexibility index (Phi) is 6.58. The number of ether oxygens (including phenoxy) is 2. The topological polar surface area (TPSA) is 90.3 Å². The zero-order chi connectivity index (χ0) is 24.2. The molecule has 4 aromatic rings. The monoisotopic (exact) mass is 487 g/mol. The van der Waals surface area contributed by atoms with Crippen molar-refractivity contribution < 1.29 is 14.3 Å². The number of methoxy groups -OCH3 is 2. The lowest BCUT2D eigenvalue weighted by molar-refractivity contribution is -0.121. The average Bonchev–Trinajstić information content (AvgIpc) is 3.35. The van der Waals surface area contributed by atoms with Crippen LogP contribution in [0.4, 0.5) is 0 Å². The molecule has 0 unspecified atom stereocenters. The van der Waals surface area contributed by atoms with Crippen molar-refractivity contribution in [2.75, 3.05) is 19.6 Å². The second-order valence-corrected chi connectivity index (χ2v) is 9.10. The summed E-state index contributed by atoms with van der Waals surface area (Å²) in [5, 5.41) is 12.0. The molecule has 0 radical (unpaired) electrons. The predicted octanol–water partition coefficient (Wildman–Crippen LogP) is 4.04. The summed E-state index contributed by atoms with van der Waals surface area (Å²) in [6, 6.07) is 24.9. The van der Waals surface area contributed by atoms with E-state index < -0.39 is 5.25 Å². The molecule has 2 N–H and O–H groups in total. The van der Waals surface area contributed by atoms with Crippen LogP contribution in [0.5, 0.6) is 11.5 Å². The van der Waals surface area contributed by atoms with E-state index in [1.165, 1.54) is 11.8 Å². The van der Waals surface area contributed by atoms with Crippen LogP contribution in [0.2, 0.25) is 0 Å². The number of hydrogen-bond donors (Lipinski definition) is 2. The number of hydrogen-bond acceptors (Lipinski definition) is 7. The molecule has 1 aromatic heterocycles. The van der Waals surface area contributed by atoms with Gasteiger partial charge in [-0.05, 0) is 35.4 Å². The van der Waals surface area contributed by atoms with Crippen LogP contribution in [0.1, 0.15) is 17.2 Å². The molecule has 0 aliphatic carbocycles. The first kappa shape index (κ1) is 22.8. The first-order valence-corrected chi connectivity index (χ1v) is 12.0. The van der Waals surface area contributed by atoms with Crippen LogP contribution < -0.4 is 20.2 Å². The molecule has 1 aliphatic rings. The van der Waals surface area contributed by atoms with Crippen molar-refractivity contribution in [1.29, 1.82) is 0 Å². The Balaban J connectivity index is 1.42. The summed E-state index contributed by atoms with van der Waals surface area (Å²) in [5.74, 6) is 2.14. The highest BCUT2D eigenvalue weighted by atomic mass is 32.2. The molecule has 8 nitrogen and oxygen atoms in total. The number of benzene rings is 3. The third-order valence-corrected chi connectivity index (χ3v) is 7.04. The maximum absolute atomic E-state index is 13.4. The van der Waals surface area contributed by atoms with Gasteiger partial charge in [-0.3, -0.25) is 4.79 Å². The zero-order valence-corrected chi connectivity index (χ0v) is 20.2. The van der Waals surface area contributed by atoms with E-state index in [1.54, 1.807) is 14.2 Å². The third kappa shape index (κ3) is 4.81. The van der Waals surface area contributed by atoms with Gasteiger partial charge in [-0.25, -0.2) is 4.68 Å². The van der Waals surface area contributed by atoms with E-state index in [0.717, 1.165) is 28.2 Å². The van der Waals surface area contributed by atoms with Gasteiger partial charge in [-0.1, -0.05) is 66.4 Å². The Bertz CT molecular complexity index is 1290. The number of fused-ring (bicyclic) bond motifs is 1. The molecule has 178 valence electrons. The van der Waals surface area contributed by atoms with E-state index in [2.05, 4.69) is 20.9 Å². The van der Waals surface area contributed by atoms with Crippen molar-refractivity contribution in [3.05, 3.63) is 90.0 Å². The fourth-order valence-electron chi connectivity index (χ4n) is 3.92. The van der Waals surface area contributed by atoms with Gasteiger partial charge in [0.05, 0.1) is 20.3 Å². The summed E-state index contributed by atoms with van der Waals surface area (Å²) in [4.78, 5) is 13.4. The van der Waals surface area contributed by atoms with E-state index in [0.29, 0.717) is 17.5 Å². The average molecular weight is 488 g/mol. The number of carbonyl (C=O) groups is 1. The molecule has 0 saturated carbocycles. The van der Waals surface area contributed by atoms with Crippen LogP contribution in [0.15, 0.2) is 84.0 Å². The maximum atomic E-state index is 13.4. The van der Waals surface area contributed by atoms with Crippen LogP contribution in [0, 0.1) is 0 Å². The highest BCUT2D eigenvalue weighted by Gasteiger charge is 2.38. The molecule has 5 rings (SSSR count). The third-order valence-electron chi connectivity index (χ3n) is 5.83. The molecule has 0 spiro atoms. The van der Waals surface area contributed by atoms with Crippen molar-refractivity contribution in [3.8, 4) is 22.9 Å². The van der Waals surface area contributed by atoms with Crippen LogP contribution in [0.3, 0.4) is 0 Å². The Morgan fingerprint density at radius 1 is 0.943 bits per heavy atom. The minimum Gasteiger partial charge on any atom is -0.497 e. The molecule has 35 heavy (non-hydrogen) atoms. The number of rotatable bonds is 7. The number of thioether (sulfide) groups is 1. The minimum atomic E-state index is -0.457. The molecule has 9 heteroatoms. The first-order chi connectivity index (χ1) is 17.2. The lowest BCUT2D eigenvalue weighted by Crippen LogP contribution is -2.43. The summed E-state index contributed by atoms with van der Waals surface area (Å²) in [6.07, 6.45) is 0. The first-order valence-electron chi connectivity index (χ1n) is 11.1. The van der Waals surface area contributed by atoms with Crippen molar-refractivity contribution in [2.24, 2.45) is 0 Å². The smallest absolute Gasteiger partial charge is 0.236 e. The highest BCUT2D eigenvalue weighted by molar-refractivity contribution is 8.00. The minimum absolute atomic E-state index is 0.0883. The Hall–Kier alpha value is -3.98. The molecule has 1 aliphatic heterocycles. The van der Waals surface area contributed by atoms with Gasteiger partial charge < -0.3 is 20.2 Å². The number of aromatic nitrogens is 3.